The molecule has 5 rings (SSSR count). The van der Waals surface area contributed by atoms with Crippen LogP contribution in [0.4, 0.5) is 0 Å². The third kappa shape index (κ3) is 2.81. The minimum absolute atomic E-state index is 0.168. The lowest BCUT2D eigenvalue weighted by Gasteiger charge is -2.32. The van der Waals surface area contributed by atoms with Gasteiger partial charge in [-0.3, -0.25) is 4.79 Å². The Kier molecular flexibility index (Phi) is 3.78. The topological polar surface area (TPSA) is 34.5 Å². The summed E-state index contributed by atoms with van der Waals surface area (Å²) in [5.41, 5.74) is 3.07. The highest BCUT2D eigenvalue weighted by Gasteiger charge is 2.40. The molecular weight excluding hydrogens is 336 g/mol. The smallest absolute Gasteiger partial charge is 0.235 e. The van der Waals surface area contributed by atoms with Gasteiger partial charge in [-0.1, -0.05) is 36.4 Å². The Balaban J connectivity index is 1.56. The summed E-state index contributed by atoms with van der Waals surface area (Å²) < 4.78 is 8.16. The average Bonchev–Trinajstić information content (AvgIpc) is 3.45. The van der Waals surface area contributed by atoms with Crippen molar-refractivity contribution in [3.05, 3.63) is 83.7 Å². The molecule has 4 nitrogen and oxygen atoms in total. The fourth-order valence-electron chi connectivity index (χ4n) is 3.95. The van der Waals surface area contributed by atoms with E-state index in [9.17, 15) is 4.79 Å². The van der Waals surface area contributed by atoms with Gasteiger partial charge in [0, 0.05) is 36.1 Å². The number of nitrogens with zero attached hydrogens (tertiary/aromatic N) is 2. The standard InChI is InChI=1S/C23H22N2O2/c1-24-14-6-7-17(24)15-25(16-12-13-16)23(26)22-18-8-2-4-10-20(18)27-21-11-5-3-9-19(21)22/h2-11,14,16,22H,12-13,15H2,1H3. The van der Waals surface area contributed by atoms with E-state index in [1.54, 1.807) is 0 Å². The molecule has 1 aromatic heterocycles. The van der Waals surface area contributed by atoms with Crippen LogP contribution in [-0.2, 0) is 18.4 Å². The average molecular weight is 358 g/mol. The molecule has 2 aromatic carbocycles. The maximum absolute atomic E-state index is 13.8. The largest absolute Gasteiger partial charge is 0.457 e. The molecule has 4 heteroatoms. The van der Waals surface area contributed by atoms with E-state index in [0.717, 1.165) is 41.2 Å². The van der Waals surface area contributed by atoms with E-state index in [-0.39, 0.29) is 11.8 Å². The minimum atomic E-state index is -0.313. The monoisotopic (exact) mass is 358 g/mol. The number of rotatable bonds is 4. The molecule has 2 heterocycles. The van der Waals surface area contributed by atoms with Gasteiger partial charge in [0.05, 0.1) is 12.5 Å². The van der Waals surface area contributed by atoms with Gasteiger partial charge in [0.1, 0.15) is 11.5 Å². The maximum Gasteiger partial charge on any atom is 0.235 e. The molecule has 0 bridgehead atoms. The molecule has 1 fully saturated rings. The van der Waals surface area contributed by atoms with E-state index >= 15 is 0 Å². The van der Waals surface area contributed by atoms with Gasteiger partial charge in [0.15, 0.2) is 0 Å². The van der Waals surface area contributed by atoms with Gasteiger partial charge >= 0.3 is 0 Å². The number of amides is 1. The number of ether oxygens (including phenoxy) is 1. The minimum Gasteiger partial charge on any atom is -0.457 e. The van der Waals surface area contributed by atoms with Crippen LogP contribution in [-0.4, -0.2) is 21.4 Å². The van der Waals surface area contributed by atoms with Crippen LogP contribution in [0.2, 0.25) is 0 Å². The summed E-state index contributed by atoms with van der Waals surface area (Å²) in [6.07, 6.45) is 4.20. The predicted octanol–water partition coefficient (Wildman–Crippen LogP) is 4.45. The van der Waals surface area contributed by atoms with Crippen LogP contribution in [0.25, 0.3) is 0 Å². The number of carbonyl (C=O) groups excluding carboxylic acids is 1. The van der Waals surface area contributed by atoms with Crippen molar-refractivity contribution < 1.29 is 9.53 Å². The molecular formula is C23H22N2O2. The van der Waals surface area contributed by atoms with Gasteiger partial charge in [-0.15, -0.1) is 0 Å². The van der Waals surface area contributed by atoms with Crippen LogP contribution >= 0.6 is 0 Å². The first-order chi connectivity index (χ1) is 13.2. The molecule has 0 N–H and O–H groups in total. The molecule has 1 amide bonds. The van der Waals surface area contributed by atoms with Crippen LogP contribution in [0.5, 0.6) is 11.5 Å². The van der Waals surface area contributed by atoms with E-state index in [4.69, 9.17) is 4.74 Å². The molecule has 1 aliphatic heterocycles. The second kappa shape index (κ2) is 6.31. The highest BCUT2D eigenvalue weighted by molar-refractivity contribution is 5.90. The Labute approximate surface area is 159 Å². The molecule has 0 spiro atoms. The van der Waals surface area contributed by atoms with Crippen molar-refractivity contribution in [2.24, 2.45) is 7.05 Å². The molecule has 136 valence electrons. The molecule has 0 radical (unpaired) electrons. The Hall–Kier alpha value is -3.01. The van der Waals surface area contributed by atoms with Gasteiger partial charge in [-0.25, -0.2) is 0 Å². The molecule has 0 unspecified atom stereocenters. The summed E-state index contributed by atoms with van der Waals surface area (Å²) in [6, 6.07) is 20.3. The summed E-state index contributed by atoms with van der Waals surface area (Å²) in [5, 5.41) is 0. The zero-order valence-corrected chi connectivity index (χ0v) is 15.3. The van der Waals surface area contributed by atoms with Crippen molar-refractivity contribution in [3.8, 4) is 11.5 Å². The first kappa shape index (κ1) is 16.2. The predicted molar refractivity (Wildman–Crippen MR) is 104 cm³/mol. The van der Waals surface area contributed by atoms with Crippen molar-refractivity contribution in [1.82, 2.24) is 9.47 Å². The fraction of sp³-hybridized carbons (Fsp3) is 0.261. The van der Waals surface area contributed by atoms with Crippen molar-refractivity contribution in [1.29, 1.82) is 0 Å². The maximum atomic E-state index is 13.8. The number of hydrogen-bond acceptors (Lipinski definition) is 2. The van der Waals surface area contributed by atoms with Gasteiger partial charge in [0.25, 0.3) is 0 Å². The lowest BCUT2D eigenvalue weighted by Crippen LogP contribution is -2.38. The van der Waals surface area contributed by atoms with Crippen LogP contribution in [0.15, 0.2) is 66.9 Å². The lowest BCUT2D eigenvalue weighted by molar-refractivity contribution is -0.133. The SMILES string of the molecule is Cn1cccc1CN(C(=O)C1c2ccccc2Oc2ccccc21)C1CC1. The number of hydrogen-bond donors (Lipinski definition) is 0. The number of carbonyl (C=O) groups is 1. The van der Waals surface area contributed by atoms with E-state index in [0.29, 0.717) is 12.6 Å². The zero-order chi connectivity index (χ0) is 18.4. The van der Waals surface area contributed by atoms with Crippen LogP contribution in [0, 0.1) is 0 Å². The molecule has 2 aliphatic rings. The fourth-order valence-corrected chi connectivity index (χ4v) is 3.95. The Morgan fingerprint density at radius 1 is 1.00 bits per heavy atom. The number of para-hydroxylation sites is 2. The van der Waals surface area contributed by atoms with Crippen molar-refractivity contribution in [2.45, 2.75) is 31.3 Å². The van der Waals surface area contributed by atoms with Gasteiger partial charge < -0.3 is 14.2 Å². The van der Waals surface area contributed by atoms with E-state index < -0.39 is 0 Å². The second-order valence-corrected chi connectivity index (χ2v) is 7.42. The summed E-state index contributed by atoms with van der Waals surface area (Å²) in [4.78, 5) is 15.9. The normalized spacial score (nSPS) is 15.6. The number of fused-ring (bicyclic) bond motifs is 2. The van der Waals surface area contributed by atoms with Crippen molar-refractivity contribution >= 4 is 5.91 Å². The molecule has 1 saturated carbocycles. The van der Waals surface area contributed by atoms with Gasteiger partial charge in [0.2, 0.25) is 5.91 Å². The second-order valence-electron chi connectivity index (χ2n) is 7.42. The Morgan fingerprint density at radius 2 is 1.63 bits per heavy atom. The van der Waals surface area contributed by atoms with E-state index in [1.165, 1.54) is 0 Å². The highest BCUT2D eigenvalue weighted by Crippen LogP contribution is 2.45. The molecule has 1 aliphatic carbocycles. The third-order valence-corrected chi connectivity index (χ3v) is 5.58. The molecule has 0 atom stereocenters. The van der Waals surface area contributed by atoms with E-state index in [2.05, 4.69) is 15.5 Å². The van der Waals surface area contributed by atoms with Crippen LogP contribution in [0.1, 0.15) is 35.6 Å². The zero-order valence-electron chi connectivity index (χ0n) is 15.3. The van der Waals surface area contributed by atoms with Crippen molar-refractivity contribution in [3.63, 3.8) is 0 Å². The number of benzene rings is 2. The van der Waals surface area contributed by atoms with E-state index in [1.807, 2.05) is 67.8 Å². The summed E-state index contributed by atoms with van der Waals surface area (Å²) in [7, 11) is 2.03. The van der Waals surface area contributed by atoms with Gasteiger partial charge in [-0.2, -0.15) is 0 Å². The highest BCUT2D eigenvalue weighted by atomic mass is 16.5. The lowest BCUT2D eigenvalue weighted by atomic mass is 9.86. The Morgan fingerprint density at radius 3 is 2.19 bits per heavy atom. The van der Waals surface area contributed by atoms with Crippen LogP contribution < -0.4 is 4.74 Å². The summed E-state index contributed by atoms with van der Waals surface area (Å²) in [5.74, 6) is 1.42. The van der Waals surface area contributed by atoms with Crippen molar-refractivity contribution in [2.75, 3.05) is 0 Å². The molecule has 0 saturated heterocycles. The summed E-state index contributed by atoms with van der Waals surface area (Å²) in [6.45, 7) is 0.648. The third-order valence-electron chi connectivity index (χ3n) is 5.58. The molecule has 3 aromatic rings. The summed E-state index contributed by atoms with van der Waals surface area (Å²) >= 11 is 0. The number of aromatic nitrogens is 1. The quantitative estimate of drug-likeness (QED) is 0.690. The van der Waals surface area contributed by atoms with Gasteiger partial charge in [-0.05, 0) is 37.1 Å². The number of aryl methyl sites for hydroxylation is 1. The molecule has 27 heavy (non-hydrogen) atoms. The van der Waals surface area contributed by atoms with Crippen LogP contribution in [0.3, 0.4) is 0 Å². The first-order valence-electron chi connectivity index (χ1n) is 9.49. The first-order valence-corrected chi connectivity index (χ1v) is 9.49. The Bertz CT molecular complexity index is 957.